The highest BCUT2D eigenvalue weighted by Gasteiger charge is 2.18. The lowest BCUT2D eigenvalue weighted by Gasteiger charge is -2.25. The molecule has 3 rings (SSSR count). The molecule has 1 heterocycles. The van der Waals surface area contributed by atoms with Crippen LogP contribution in [-0.2, 0) is 4.79 Å². The Morgan fingerprint density at radius 1 is 1.04 bits per heavy atom. The maximum absolute atomic E-state index is 12.5. The minimum absolute atomic E-state index is 0.0128. The monoisotopic (exact) mass is 378 g/mol. The van der Waals surface area contributed by atoms with Crippen molar-refractivity contribution in [3.05, 3.63) is 72.3 Å². The van der Waals surface area contributed by atoms with E-state index in [0.29, 0.717) is 11.7 Å². The minimum Gasteiger partial charge on any atom is -0.484 e. The molecule has 1 atom stereocenters. The summed E-state index contributed by atoms with van der Waals surface area (Å²) in [7, 11) is 1.80. The Balaban J connectivity index is 1.57. The third-order valence-corrected chi connectivity index (χ3v) is 4.94. The number of amides is 1. The second-order valence-electron chi connectivity index (χ2n) is 7.12. The Morgan fingerprint density at radius 3 is 2.25 bits per heavy atom. The van der Waals surface area contributed by atoms with Gasteiger partial charge in [-0.1, -0.05) is 38.1 Å². The second-order valence-corrected chi connectivity index (χ2v) is 7.12. The van der Waals surface area contributed by atoms with Crippen LogP contribution in [0, 0.1) is 0 Å². The molecule has 2 aromatic carbocycles. The second kappa shape index (κ2) is 8.69. The van der Waals surface area contributed by atoms with Crippen LogP contribution in [0.15, 0.2) is 61.2 Å². The molecule has 0 aliphatic carbocycles. The van der Waals surface area contributed by atoms with Gasteiger partial charge in [0.05, 0.1) is 11.7 Å². The third kappa shape index (κ3) is 4.57. The fourth-order valence-corrected chi connectivity index (χ4v) is 2.88. The van der Waals surface area contributed by atoms with Gasteiger partial charge in [-0.25, -0.2) is 9.67 Å². The molecule has 0 saturated carbocycles. The molecule has 1 amide bonds. The summed E-state index contributed by atoms with van der Waals surface area (Å²) in [6.07, 6.45) is 3.15. The number of rotatable bonds is 7. The summed E-state index contributed by atoms with van der Waals surface area (Å²) in [5.41, 5.74) is 3.22. The van der Waals surface area contributed by atoms with Gasteiger partial charge < -0.3 is 9.64 Å². The Hall–Kier alpha value is -3.15. The molecule has 3 aromatic rings. The van der Waals surface area contributed by atoms with Crippen LogP contribution in [0.3, 0.4) is 0 Å². The first-order valence-corrected chi connectivity index (χ1v) is 9.39. The number of nitrogens with zero attached hydrogens (tertiary/aromatic N) is 4. The number of ether oxygens (including phenoxy) is 1. The van der Waals surface area contributed by atoms with Gasteiger partial charge in [-0.2, -0.15) is 5.10 Å². The minimum atomic E-state index is -0.0687. The van der Waals surface area contributed by atoms with Gasteiger partial charge in [-0.3, -0.25) is 4.79 Å². The SMILES string of the molecule is CC(C)c1ccc(OCC(=O)N(C)[C@H](C)c2ccc(-n3cncn3)cc2)cc1. The summed E-state index contributed by atoms with van der Waals surface area (Å²) in [4.78, 5) is 18.2. The molecule has 0 spiro atoms. The molecule has 146 valence electrons. The third-order valence-electron chi connectivity index (χ3n) is 4.94. The van der Waals surface area contributed by atoms with Crippen molar-refractivity contribution in [2.45, 2.75) is 32.7 Å². The zero-order chi connectivity index (χ0) is 20.1. The van der Waals surface area contributed by atoms with Crippen LogP contribution in [0.25, 0.3) is 5.69 Å². The van der Waals surface area contributed by atoms with Crippen molar-refractivity contribution >= 4 is 5.91 Å². The van der Waals surface area contributed by atoms with Gasteiger partial charge in [0.1, 0.15) is 18.4 Å². The van der Waals surface area contributed by atoms with Gasteiger partial charge in [0, 0.05) is 7.05 Å². The average molecular weight is 378 g/mol. The molecule has 0 saturated heterocycles. The molecule has 6 heteroatoms. The molecule has 0 aliphatic rings. The summed E-state index contributed by atoms with van der Waals surface area (Å²) in [5, 5.41) is 4.12. The predicted molar refractivity (Wildman–Crippen MR) is 109 cm³/mol. The van der Waals surface area contributed by atoms with Crippen molar-refractivity contribution in [1.29, 1.82) is 0 Å². The number of carbonyl (C=O) groups is 1. The molecular weight excluding hydrogens is 352 g/mol. The molecule has 28 heavy (non-hydrogen) atoms. The summed E-state index contributed by atoms with van der Waals surface area (Å²) in [5.74, 6) is 1.11. The number of hydrogen-bond donors (Lipinski definition) is 0. The Labute approximate surface area is 165 Å². The maximum atomic E-state index is 12.5. The highest BCUT2D eigenvalue weighted by Crippen LogP contribution is 2.21. The van der Waals surface area contributed by atoms with Gasteiger partial charge in [0.2, 0.25) is 0 Å². The van der Waals surface area contributed by atoms with Crippen molar-refractivity contribution in [2.75, 3.05) is 13.7 Å². The fourth-order valence-electron chi connectivity index (χ4n) is 2.88. The van der Waals surface area contributed by atoms with Crippen LogP contribution in [0.2, 0.25) is 0 Å². The van der Waals surface area contributed by atoms with Crippen LogP contribution < -0.4 is 4.74 Å². The molecule has 0 fully saturated rings. The molecular formula is C22H26N4O2. The van der Waals surface area contributed by atoms with E-state index < -0.39 is 0 Å². The molecule has 0 N–H and O–H groups in total. The quantitative estimate of drug-likeness (QED) is 0.624. The van der Waals surface area contributed by atoms with E-state index in [1.165, 1.54) is 11.9 Å². The lowest BCUT2D eigenvalue weighted by atomic mass is 10.0. The number of benzene rings is 2. The largest absolute Gasteiger partial charge is 0.484 e. The number of aromatic nitrogens is 3. The van der Waals surface area contributed by atoms with Crippen molar-refractivity contribution in [2.24, 2.45) is 0 Å². The van der Waals surface area contributed by atoms with Gasteiger partial charge in [-0.15, -0.1) is 0 Å². The predicted octanol–water partition coefficient (Wildman–Crippen LogP) is 3.99. The number of carbonyl (C=O) groups excluding carboxylic acids is 1. The Kier molecular flexibility index (Phi) is 6.09. The van der Waals surface area contributed by atoms with Gasteiger partial charge in [0.25, 0.3) is 5.91 Å². The molecule has 0 radical (unpaired) electrons. The Morgan fingerprint density at radius 2 is 1.68 bits per heavy atom. The van der Waals surface area contributed by atoms with Gasteiger partial charge in [0.15, 0.2) is 6.61 Å². The van der Waals surface area contributed by atoms with Crippen LogP contribution in [0.5, 0.6) is 5.75 Å². The molecule has 0 bridgehead atoms. The van der Waals surface area contributed by atoms with Crippen LogP contribution >= 0.6 is 0 Å². The van der Waals surface area contributed by atoms with Gasteiger partial charge >= 0.3 is 0 Å². The van der Waals surface area contributed by atoms with Crippen molar-refractivity contribution in [1.82, 2.24) is 19.7 Å². The maximum Gasteiger partial charge on any atom is 0.260 e. The molecule has 0 aliphatic heterocycles. The van der Waals surface area contributed by atoms with E-state index in [1.54, 1.807) is 23.0 Å². The van der Waals surface area contributed by atoms with E-state index in [2.05, 4.69) is 23.9 Å². The Bertz CT molecular complexity index is 887. The van der Waals surface area contributed by atoms with E-state index in [0.717, 1.165) is 11.3 Å². The number of hydrogen-bond acceptors (Lipinski definition) is 4. The first-order chi connectivity index (χ1) is 13.5. The summed E-state index contributed by atoms with van der Waals surface area (Å²) in [6, 6.07) is 15.7. The molecule has 6 nitrogen and oxygen atoms in total. The molecule has 1 aromatic heterocycles. The smallest absolute Gasteiger partial charge is 0.260 e. The molecule has 0 unspecified atom stereocenters. The van der Waals surface area contributed by atoms with Crippen LogP contribution in [0.1, 0.15) is 43.9 Å². The summed E-state index contributed by atoms with van der Waals surface area (Å²) in [6.45, 7) is 6.31. The first-order valence-electron chi connectivity index (χ1n) is 9.39. The summed E-state index contributed by atoms with van der Waals surface area (Å²) >= 11 is 0. The lowest BCUT2D eigenvalue weighted by Crippen LogP contribution is -2.33. The highest BCUT2D eigenvalue weighted by atomic mass is 16.5. The van der Waals surface area contributed by atoms with Crippen molar-refractivity contribution in [3.63, 3.8) is 0 Å². The average Bonchev–Trinajstić information content (AvgIpc) is 3.26. The van der Waals surface area contributed by atoms with Crippen molar-refractivity contribution < 1.29 is 9.53 Å². The normalized spacial score (nSPS) is 12.0. The van der Waals surface area contributed by atoms with E-state index in [4.69, 9.17) is 4.74 Å². The highest BCUT2D eigenvalue weighted by molar-refractivity contribution is 5.78. The first kappa shape index (κ1) is 19.6. The van der Waals surface area contributed by atoms with E-state index in [-0.39, 0.29) is 18.6 Å². The van der Waals surface area contributed by atoms with Gasteiger partial charge in [-0.05, 0) is 48.2 Å². The van der Waals surface area contributed by atoms with Crippen LogP contribution in [-0.4, -0.2) is 39.2 Å². The fraction of sp³-hybridized carbons (Fsp3) is 0.318. The zero-order valence-corrected chi connectivity index (χ0v) is 16.7. The van der Waals surface area contributed by atoms with Crippen molar-refractivity contribution in [3.8, 4) is 11.4 Å². The van der Waals surface area contributed by atoms with E-state index in [1.807, 2.05) is 55.5 Å². The standard InChI is InChI=1S/C22H26N4O2/c1-16(2)18-7-11-21(12-8-18)28-13-22(27)25(4)17(3)19-5-9-20(10-6-19)26-15-23-14-24-26/h5-12,14-17H,13H2,1-4H3/t17-/m1/s1. The van der Waals surface area contributed by atoms with Crippen LogP contribution in [0.4, 0.5) is 0 Å². The van der Waals surface area contributed by atoms with E-state index >= 15 is 0 Å². The lowest BCUT2D eigenvalue weighted by molar-refractivity contribution is -0.134. The zero-order valence-electron chi connectivity index (χ0n) is 16.7. The number of likely N-dealkylation sites (N-methyl/N-ethyl adjacent to an activating group) is 1. The topological polar surface area (TPSA) is 60.2 Å². The van der Waals surface area contributed by atoms with E-state index in [9.17, 15) is 4.79 Å². The summed E-state index contributed by atoms with van der Waals surface area (Å²) < 4.78 is 7.36.